The second-order valence-corrected chi connectivity index (χ2v) is 3.93. The normalized spacial score (nSPS) is 18.0. The fraction of sp³-hybridized carbons (Fsp3) is 0.400. The van der Waals surface area contributed by atoms with Gasteiger partial charge in [0.1, 0.15) is 0 Å². The van der Waals surface area contributed by atoms with Crippen LogP contribution in [0, 0.1) is 22.4 Å². The van der Waals surface area contributed by atoms with Crippen LogP contribution < -0.4 is 0 Å². The van der Waals surface area contributed by atoms with Crippen molar-refractivity contribution in [2.45, 2.75) is 11.8 Å². The number of hydrogen-bond acceptors (Lipinski definition) is 4. The predicted molar refractivity (Wildman–Crippen MR) is 55.4 cm³/mol. The highest BCUT2D eigenvalue weighted by molar-refractivity contribution is 6.20. The van der Waals surface area contributed by atoms with E-state index in [1.165, 1.54) is 0 Å². The molecule has 0 bridgehead atoms. The number of nitrogens with zero attached hydrogens (tertiary/aromatic N) is 1. The third-order valence-electron chi connectivity index (χ3n) is 2.43. The van der Waals surface area contributed by atoms with E-state index in [9.17, 15) is 18.1 Å². The molecule has 1 unspecified atom stereocenters. The molecule has 1 saturated heterocycles. The Morgan fingerprint density at radius 3 is 2.39 bits per heavy atom. The van der Waals surface area contributed by atoms with Crippen LogP contribution in [0.5, 0.6) is 0 Å². The maximum Gasteiger partial charge on any atom is 0.195 e. The van der Waals surface area contributed by atoms with Gasteiger partial charge in [0.15, 0.2) is 29.2 Å². The summed E-state index contributed by atoms with van der Waals surface area (Å²) in [5.74, 6) is -4.72. The molecule has 4 nitrogen and oxygen atoms in total. The zero-order chi connectivity index (χ0) is 13.3. The molecular weight excluding hydrogens is 275 g/mol. The summed E-state index contributed by atoms with van der Waals surface area (Å²) >= 11 is 5.41. The van der Waals surface area contributed by atoms with Crippen LogP contribution in [0.2, 0.25) is 0 Å². The van der Waals surface area contributed by atoms with E-state index < -0.39 is 34.8 Å². The van der Waals surface area contributed by atoms with Crippen LogP contribution >= 0.6 is 11.6 Å². The van der Waals surface area contributed by atoms with E-state index in [1.807, 2.05) is 0 Å². The van der Waals surface area contributed by atoms with Crippen LogP contribution in [-0.4, -0.2) is 13.2 Å². The molecule has 2 rings (SSSR count). The van der Waals surface area contributed by atoms with Crippen molar-refractivity contribution in [2.24, 2.45) is 5.18 Å². The standard InChI is InChI=1S/C10H7ClF3NO3/c11-9(15-16)4-3-5(10-17-1-2-18-10)7(13)8(14)6(4)12/h3,9-10H,1-2H2. The van der Waals surface area contributed by atoms with Crippen LogP contribution in [0.4, 0.5) is 13.2 Å². The van der Waals surface area contributed by atoms with Crippen LogP contribution in [0.25, 0.3) is 0 Å². The Bertz CT molecular complexity index is 480. The van der Waals surface area contributed by atoms with Crippen molar-refractivity contribution in [2.75, 3.05) is 13.2 Å². The van der Waals surface area contributed by atoms with E-state index in [2.05, 4.69) is 5.18 Å². The molecule has 18 heavy (non-hydrogen) atoms. The highest BCUT2D eigenvalue weighted by Gasteiger charge is 2.29. The Kier molecular flexibility index (Phi) is 3.84. The highest BCUT2D eigenvalue weighted by Crippen LogP contribution is 2.34. The quantitative estimate of drug-likeness (QED) is 0.370. The van der Waals surface area contributed by atoms with Gasteiger partial charge in [-0.15, -0.1) is 4.91 Å². The van der Waals surface area contributed by atoms with E-state index >= 15 is 0 Å². The van der Waals surface area contributed by atoms with Crippen molar-refractivity contribution in [1.29, 1.82) is 0 Å². The molecule has 0 amide bonds. The number of ether oxygens (including phenoxy) is 2. The third kappa shape index (κ3) is 2.21. The average molecular weight is 282 g/mol. The lowest BCUT2D eigenvalue weighted by Crippen LogP contribution is -2.08. The molecule has 98 valence electrons. The van der Waals surface area contributed by atoms with E-state index in [0.717, 1.165) is 6.07 Å². The first-order valence-corrected chi connectivity index (χ1v) is 5.37. The molecule has 0 aromatic heterocycles. The monoisotopic (exact) mass is 281 g/mol. The lowest BCUT2D eigenvalue weighted by molar-refractivity contribution is -0.0470. The molecular formula is C10H7ClF3NO3. The Labute approximate surface area is 105 Å². The molecule has 1 heterocycles. The smallest absolute Gasteiger partial charge is 0.195 e. The maximum atomic E-state index is 13.5. The molecule has 0 spiro atoms. The van der Waals surface area contributed by atoms with Gasteiger partial charge in [0.2, 0.25) is 0 Å². The van der Waals surface area contributed by atoms with Crippen LogP contribution in [0.3, 0.4) is 0 Å². The highest BCUT2D eigenvalue weighted by atomic mass is 35.5. The van der Waals surface area contributed by atoms with Crippen molar-refractivity contribution < 1.29 is 22.6 Å². The molecule has 0 saturated carbocycles. The second-order valence-electron chi connectivity index (χ2n) is 3.51. The fourth-order valence-electron chi connectivity index (χ4n) is 1.58. The number of alkyl halides is 1. The van der Waals surface area contributed by atoms with Gasteiger partial charge in [0, 0.05) is 11.1 Å². The number of benzene rings is 1. The zero-order valence-electron chi connectivity index (χ0n) is 8.83. The number of hydrogen-bond donors (Lipinski definition) is 0. The third-order valence-corrected chi connectivity index (χ3v) is 2.74. The minimum atomic E-state index is -1.74. The molecule has 1 fully saturated rings. The molecule has 1 aliphatic heterocycles. The van der Waals surface area contributed by atoms with Crippen molar-refractivity contribution in [3.05, 3.63) is 39.6 Å². The van der Waals surface area contributed by atoms with Gasteiger partial charge in [0.05, 0.1) is 13.2 Å². The van der Waals surface area contributed by atoms with Crippen molar-refractivity contribution in [1.82, 2.24) is 0 Å². The molecule has 1 aromatic rings. The molecule has 1 aliphatic rings. The minimum absolute atomic E-state index is 0.203. The molecule has 0 aliphatic carbocycles. The summed E-state index contributed by atoms with van der Waals surface area (Å²) in [6.45, 7) is 0.406. The summed E-state index contributed by atoms with van der Waals surface area (Å²) in [5, 5.41) is 2.36. The minimum Gasteiger partial charge on any atom is -0.346 e. The van der Waals surface area contributed by atoms with Crippen molar-refractivity contribution in [3.63, 3.8) is 0 Å². The van der Waals surface area contributed by atoms with Crippen LogP contribution in [0.1, 0.15) is 22.9 Å². The van der Waals surface area contributed by atoms with Gasteiger partial charge in [0.25, 0.3) is 0 Å². The van der Waals surface area contributed by atoms with Crippen molar-refractivity contribution in [3.8, 4) is 0 Å². The zero-order valence-corrected chi connectivity index (χ0v) is 9.59. The Morgan fingerprint density at radius 1 is 1.22 bits per heavy atom. The summed E-state index contributed by atoms with van der Waals surface area (Å²) in [7, 11) is 0. The SMILES string of the molecule is O=NC(Cl)c1cc(C2OCCO2)c(F)c(F)c1F. The lowest BCUT2D eigenvalue weighted by atomic mass is 10.1. The summed E-state index contributed by atoms with van der Waals surface area (Å²) in [5.41, 5.74) is -2.56. The van der Waals surface area contributed by atoms with Crippen LogP contribution in [-0.2, 0) is 9.47 Å². The average Bonchev–Trinajstić information content (AvgIpc) is 2.89. The molecule has 1 aromatic carbocycles. The Hall–Kier alpha value is -1.18. The summed E-state index contributed by atoms with van der Waals surface area (Å²) in [4.78, 5) is 10.3. The largest absolute Gasteiger partial charge is 0.346 e. The first kappa shape index (κ1) is 13.3. The number of halogens is 4. The molecule has 0 N–H and O–H groups in total. The van der Waals surface area contributed by atoms with Gasteiger partial charge >= 0.3 is 0 Å². The van der Waals surface area contributed by atoms with Crippen LogP contribution in [0.15, 0.2) is 11.2 Å². The molecule has 1 atom stereocenters. The van der Waals surface area contributed by atoms with Gasteiger partial charge in [-0.25, -0.2) is 13.2 Å². The molecule has 0 radical (unpaired) electrons. The van der Waals surface area contributed by atoms with Gasteiger partial charge in [-0.3, -0.25) is 0 Å². The van der Waals surface area contributed by atoms with E-state index in [4.69, 9.17) is 21.1 Å². The van der Waals surface area contributed by atoms with Gasteiger partial charge in [-0.1, -0.05) is 11.6 Å². The first-order chi connectivity index (χ1) is 8.56. The predicted octanol–water partition coefficient (Wildman–Crippen LogP) is 3.15. The summed E-state index contributed by atoms with van der Waals surface area (Å²) in [6, 6.07) is 0.878. The number of nitroso groups, excluding NO2 is 1. The summed E-state index contributed by atoms with van der Waals surface area (Å²) in [6.07, 6.45) is -1.14. The van der Waals surface area contributed by atoms with Crippen molar-refractivity contribution >= 4 is 11.6 Å². The van der Waals surface area contributed by atoms with E-state index in [0.29, 0.717) is 0 Å². The first-order valence-electron chi connectivity index (χ1n) is 4.93. The van der Waals surface area contributed by atoms with Gasteiger partial charge in [-0.2, -0.15) is 0 Å². The Balaban J connectivity index is 2.52. The maximum absolute atomic E-state index is 13.5. The molecule has 8 heteroatoms. The lowest BCUT2D eigenvalue weighted by Gasteiger charge is -2.14. The van der Waals surface area contributed by atoms with E-state index in [-0.39, 0.29) is 18.8 Å². The Morgan fingerprint density at radius 2 is 1.83 bits per heavy atom. The summed E-state index contributed by atoms with van der Waals surface area (Å²) < 4.78 is 50.2. The number of rotatable bonds is 3. The van der Waals surface area contributed by atoms with Gasteiger partial charge < -0.3 is 9.47 Å². The van der Waals surface area contributed by atoms with Gasteiger partial charge in [-0.05, 0) is 11.2 Å². The van der Waals surface area contributed by atoms with E-state index in [1.54, 1.807) is 0 Å². The topological polar surface area (TPSA) is 47.9 Å². The fourth-order valence-corrected chi connectivity index (χ4v) is 1.74. The second kappa shape index (κ2) is 5.21.